The first kappa shape index (κ1) is 13.3. The zero-order valence-electron chi connectivity index (χ0n) is 11.2. The van der Waals surface area contributed by atoms with Crippen LogP contribution in [-0.2, 0) is 9.47 Å². The van der Waals surface area contributed by atoms with Gasteiger partial charge in [-0.05, 0) is 33.2 Å². The molecule has 100 valence electrons. The van der Waals surface area contributed by atoms with Gasteiger partial charge in [-0.3, -0.25) is 9.80 Å². The first-order valence-corrected chi connectivity index (χ1v) is 7.03. The van der Waals surface area contributed by atoms with Crippen molar-refractivity contribution < 1.29 is 9.47 Å². The molecule has 0 amide bonds. The minimum Gasteiger partial charge on any atom is -0.352 e. The number of rotatable bonds is 6. The second-order valence-electron chi connectivity index (χ2n) is 4.93. The lowest BCUT2D eigenvalue weighted by atomic mass is 10.1. The second kappa shape index (κ2) is 6.69. The lowest BCUT2D eigenvalue weighted by Crippen LogP contribution is -2.52. The van der Waals surface area contributed by atoms with E-state index in [9.17, 15) is 0 Å². The van der Waals surface area contributed by atoms with Crippen molar-refractivity contribution in [3.8, 4) is 0 Å². The summed E-state index contributed by atoms with van der Waals surface area (Å²) in [7, 11) is 0. The molecule has 0 aromatic carbocycles. The summed E-state index contributed by atoms with van der Waals surface area (Å²) in [5, 5.41) is 0. The third-order valence-electron chi connectivity index (χ3n) is 3.78. The third kappa shape index (κ3) is 3.65. The SMILES string of the molecule is CCOC(CN1CCN2CCCC2C1)OCC. The lowest BCUT2D eigenvalue weighted by molar-refractivity contribution is -0.150. The van der Waals surface area contributed by atoms with E-state index in [0.717, 1.165) is 32.3 Å². The Morgan fingerprint density at radius 1 is 1.12 bits per heavy atom. The number of fused-ring (bicyclic) bond motifs is 1. The quantitative estimate of drug-likeness (QED) is 0.653. The molecule has 2 rings (SSSR count). The van der Waals surface area contributed by atoms with Gasteiger partial charge in [0.1, 0.15) is 0 Å². The molecule has 1 unspecified atom stereocenters. The molecule has 4 heteroatoms. The minimum atomic E-state index is -0.0436. The molecule has 0 saturated carbocycles. The Hall–Kier alpha value is -0.160. The van der Waals surface area contributed by atoms with Crippen LogP contribution < -0.4 is 0 Å². The predicted octanol–water partition coefficient (Wildman–Crippen LogP) is 1.17. The average molecular weight is 242 g/mol. The zero-order chi connectivity index (χ0) is 12.1. The maximum Gasteiger partial charge on any atom is 0.170 e. The summed E-state index contributed by atoms with van der Waals surface area (Å²) < 4.78 is 11.2. The maximum absolute atomic E-state index is 5.62. The van der Waals surface area contributed by atoms with Gasteiger partial charge in [0.2, 0.25) is 0 Å². The van der Waals surface area contributed by atoms with Crippen LogP contribution in [0.3, 0.4) is 0 Å². The molecule has 2 aliphatic rings. The molecule has 2 heterocycles. The smallest absolute Gasteiger partial charge is 0.170 e. The molecule has 2 saturated heterocycles. The van der Waals surface area contributed by atoms with Gasteiger partial charge in [0, 0.05) is 45.4 Å². The largest absolute Gasteiger partial charge is 0.352 e. The Morgan fingerprint density at radius 3 is 2.59 bits per heavy atom. The minimum absolute atomic E-state index is 0.0436. The molecule has 0 aromatic heterocycles. The van der Waals surface area contributed by atoms with Crippen LogP contribution in [0.4, 0.5) is 0 Å². The zero-order valence-corrected chi connectivity index (χ0v) is 11.2. The number of hydrogen-bond donors (Lipinski definition) is 0. The first-order valence-electron chi connectivity index (χ1n) is 7.03. The molecule has 0 aliphatic carbocycles. The first-order chi connectivity index (χ1) is 8.33. The van der Waals surface area contributed by atoms with E-state index in [1.165, 1.54) is 32.5 Å². The Bertz CT molecular complexity index is 219. The molecule has 2 fully saturated rings. The highest BCUT2D eigenvalue weighted by molar-refractivity contribution is 4.86. The Kier molecular flexibility index (Phi) is 5.22. The molecular formula is C13H26N2O2. The number of hydrogen-bond acceptors (Lipinski definition) is 4. The third-order valence-corrected chi connectivity index (χ3v) is 3.78. The van der Waals surface area contributed by atoms with Crippen molar-refractivity contribution in [1.29, 1.82) is 0 Å². The maximum atomic E-state index is 5.62. The van der Waals surface area contributed by atoms with Crippen molar-refractivity contribution >= 4 is 0 Å². The van der Waals surface area contributed by atoms with Crippen LogP contribution in [0.5, 0.6) is 0 Å². The topological polar surface area (TPSA) is 24.9 Å². The highest BCUT2D eigenvalue weighted by Crippen LogP contribution is 2.21. The van der Waals surface area contributed by atoms with Gasteiger partial charge in [0.25, 0.3) is 0 Å². The van der Waals surface area contributed by atoms with Gasteiger partial charge in [-0.1, -0.05) is 0 Å². The number of nitrogens with zero attached hydrogens (tertiary/aromatic N) is 2. The van der Waals surface area contributed by atoms with Crippen LogP contribution in [0.15, 0.2) is 0 Å². The van der Waals surface area contributed by atoms with E-state index in [0.29, 0.717) is 0 Å². The highest BCUT2D eigenvalue weighted by atomic mass is 16.7. The molecule has 0 bridgehead atoms. The summed E-state index contributed by atoms with van der Waals surface area (Å²) in [6.07, 6.45) is 2.70. The molecular weight excluding hydrogens is 216 g/mol. The van der Waals surface area contributed by atoms with Gasteiger partial charge in [0.15, 0.2) is 6.29 Å². The molecule has 0 spiro atoms. The number of piperazine rings is 1. The van der Waals surface area contributed by atoms with E-state index in [1.54, 1.807) is 0 Å². The van der Waals surface area contributed by atoms with Crippen LogP contribution in [-0.4, -0.2) is 68.1 Å². The fraction of sp³-hybridized carbons (Fsp3) is 1.00. The lowest BCUT2D eigenvalue weighted by Gasteiger charge is -2.38. The average Bonchev–Trinajstić information content (AvgIpc) is 2.77. The van der Waals surface area contributed by atoms with E-state index in [-0.39, 0.29) is 6.29 Å². The molecule has 0 N–H and O–H groups in total. The van der Waals surface area contributed by atoms with Gasteiger partial charge in [-0.25, -0.2) is 0 Å². The molecule has 4 nitrogen and oxygen atoms in total. The van der Waals surface area contributed by atoms with Crippen LogP contribution >= 0.6 is 0 Å². The van der Waals surface area contributed by atoms with E-state index >= 15 is 0 Å². The van der Waals surface area contributed by atoms with E-state index in [1.807, 2.05) is 13.8 Å². The summed E-state index contributed by atoms with van der Waals surface area (Å²) >= 11 is 0. The van der Waals surface area contributed by atoms with Crippen molar-refractivity contribution in [1.82, 2.24) is 9.80 Å². The van der Waals surface area contributed by atoms with Gasteiger partial charge < -0.3 is 9.47 Å². The summed E-state index contributed by atoms with van der Waals surface area (Å²) in [6.45, 7) is 11.3. The summed E-state index contributed by atoms with van der Waals surface area (Å²) in [6, 6.07) is 0.785. The monoisotopic (exact) mass is 242 g/mol. The van der Waals surface area contributed by atoms with Gasteiger partial charge in [-0.15, -0.1) is 0 Å². The van der Waals surface area contributed by atoms with Gasteiger partial charge in [0.05, 0.1) is 0 Å². The molecule has 0 radical (unpaired) electrons. The molecule has 2 aliphatic heterocycles. The standard InChI is InChI=1S/C13H26N2O2/c1-3-16-13(17-4-2)11-14-8-9-15-7-5-6-12(15)10-14/h12-13H,3-11H2,1-2H3. The normalized spacial score (nSPS) is 26.6. The highest BCUT2D eigenvalue weighted by Gasteiger charge is 2.31. The van der Waals surface area contributed by atoms with E-state index < -0.39 is 0 Å². The van der Waals surface area contributed by atoms with Gasteiger partial charge >= 0.3 is 0 Å². The summed E-state index contributed by atoms with van der Waals surface area (Å²) in [5.74, 6) is 0. The Morgan fingerprint density at radius 2 is 1.88 bits per heavy atom. The summed E-state index contributed by atoms with van der Waals surface area (Å²) in [4.78, 5) is 5.13. The van der Waals surface area contributed by atoms with Crippen molar-refractivity contribution in [2.24, 2.45) is 0 Å². The van der Waals surface area contributed by atoms with Crippen LogP contribution in [0.1, 0.15) is 26.7 Å². The van der Waals surface area contributed by atoms with Crippen molar-refractivity contribution in [2.45, 2.75) is 39.0 Å². The predicted molar refractivity (Wildman–Crippen MR) is 68.1 cm³/mol. The van der Waals surface area contributed by atoms with E-state index in [2.05, 4.69) is 9.80 Å². The van der Waals surface area contributed by atoms with Crippen molar-refractivity contribution in [2.75, 3.05) is 45.9 Å². The van der Waals surface area contributed by atoms with Gasteiger partial charge in [-0.2, -0.15) is 0 Å². The Labute approximate surface area is 105 Å². The van der Waals surface area contributed by atoms with Crippen LogP contribution in [0, 0.1) is 0 Å². The number of ether oxygens (including phenoxy) is 2. The van der Waals surface area contributed by atoms with Crippen molar-refractivity contribution in [3.05, 3.63) is 0 Å². The van der Waals surface area contributed by atoms with E-state index in [4.69, 9.17) is 9.47 Å². The van der Waals surface area contributed by atoms with Crippen molar-refractivity contribution in [3.63, 3.8) is 0 Å². The summed E-state index contributed by atoms with van der Waals surface area (Å²) in [5.41, 5.74) is 0. The van der Waals surface area contributed by atoms with Crippen LogP contribution in [0.2, 0.25) is 0 Å². The van der Waals surface area contributed by atoms with Crippen LogP contribution in [0.25, 0.3) is 0 Å². The Balaban J connectivity index is 1.77. The second-order valence-corrected chi connectivity index (χ2v) is 4.93. The molecule has 17 heavy (non-hydrogen) atoms. The molecule has 0 aromatic rings. The molecule has 1 atom stereocenters. The fourth-order valence-corrected chi connectivity index (χ4v) is 2.96. The fourth-order valence-electron chi connectivity index (χ4n) is 2.96.